The molecule has 4 aromatic rings. The topological polar surface area (TPSA) is 112 Å². The molecule has 0 bridgehead atoms. The van der Waals surface area contributed by atoms with Gasteiger partial charge in [0.1, 0.15) is 11.4 Å². The van der Waals surface area contributed by atoms with Crippen LogP contribution in [0.5, 0.6) is 0 Å². The van der Waals surface area contributed by atoms with Gasteiger partial charge in [0.05, 0.1) is 21.8 Å². The van der Waals surface area contributed by atoms with Crippen molar-refractivity contribution in [2.45, 2.75) is 70.9 Å². The number of carbonyl (C=O) groups excluding carboxylic acids is 2. The Morgan fingerprint density at radius 2 is 1.93 bits per heavy atom. The van der Waals surface area contributed by atoms with E-state index in [0.717, 1.165) is 36.3 Å². The van der Waals surface area contributed by atoms with E-state index < -0.39 is 17.5 Å². The van der Waals surface area contributed by atoms with Crippen LogP contribution in [0.15, 0.2) is 36.4 Å². The van der Waals surface area contributed by atoms with E-state index >= 15 is 4.39 Å². The average Bonchev–Trinajstić information content (AvgIpc) is 3.72. The number of carbonyl (C=O) groups is 2. The van der Waals surface area contributed by atoms with Gasteiger partial charge in [-0.3, -0.25) is 4.79 Å². The van der Waals surface area contributed by atoms with Crippen molar-refractivity contribution in [3.63, 3.8) is 0 Å². The molecule has 2 N–H and O–H groups in total. The first-order chi connectivity index (χ1) is 22.1. The van der Waals surface area contributed by atoms with Gasteiger partial charge in [0.2, 0.25) is 4.96 Å². The first kappa shape index (κ1) is 32.3. The van der Waals surface area contributed by atoms with Crippen LogP contribution in [0.25, 0.3) is 26.6 Å². The van der Waals surface area contributed by atoms with Gasteiger partial charge in [0.25, 0.3) is 5.91 Å². The number of benzene rings is 2. The molecule has 2 aliphatic rings. The van der Waals surface area contributed by atoms with Gasteiger partial charge in [-0.25, -0.2) is 13.7 Å². The summed E-state index contributed by atoms with van der Waals surface area (Å²) in [6, 6.07) is 10.1. The quantitative estimate of drug-likeness (QED) is 0.213. The van der Waals surface area contributed by atoms with Crippen LogP contribution in [-0.4, -0.2) is 86.4 Å². The Morgan fingerprint density at radius 1 is 1.13 bits per heavy atom. The van der Waals surface area contributed by atoms with E-state index in [9.17, 15) is 14.7 Å². The molecule has 246 valence electrons. The molecule has 0 spiro atoms. The monoisotopic (exact) mass is 650 g/mol. The Hall–Kier alpha value is -3.61. The fraction of sp³-hybridized carbons (Fsp3) is 0.529. The molecular weight excluding hydrogens is 607 g/mol. The number of rotatable bonds is 9. The lowest BCUT2D eigenvalue weighted by molar-refractivity contribution is 0.0217. The predicted octanol–water partition coefficient (Wildman–Crippen LogP) is 6.04. The summed E-state index contributed by atoms with van der Waals surface area (Å²) in [6.45, 7) is 9.87. The Labute approximate surface area is 272 Å². The van der Waals surface area contributed by atoms with Gasteiger partial charge < -0.3 is 25.0 Å². The van der Waals surface area contributed by atoms with Crippen molar-refractivity contribution in [2.75, 3.05) is 39.3 Å². The summed E-state index contributed by atoms with van der Waals surface area (Å²) in [5.41, 5.74) is 1.66. The van der Waals surface area contributed by atoms with Gasteiger partial charge in [-0.05, 0) is 114 Å². The zero-order valence-corrected chi connectivity index (χ0v) is 27.6. The van der Waals surface area contributed by atoms with Crippen molar-refractivity contribution in [2.24, 2.45) is 5.92 Å². The maximum Gasteiger partial charge on any atom is 0.410 e. The number of aliphatic hydroxyl groups excluding tert-OH is 1. The summed E-state index contributed by atoms with van der Waals surface area (Å²) < 4.78 is 23.8. The van der Waals surface area contributed by atoms with Crippen LogP contribution in [0.1, 0.15) is 81.3 Å². The number of amides is 2. The van der Waals surface area contributed by atoms with Gasteiger partial charge in [-0.1, -0.05) is 23.8 Å². The second-order valence-electron chi connectivity index (χ2n) is 13.4. The number of nitrogens with zero attached hydrogens (tertiary/aromatic N) is 5. The average molecular weight is 651 g/mol. The molecule has 2 fully saturated rings. The Kier molecular flexibility index (Phi) is 9.58. The number of fused-ring (bicyclic) bond motifs is 3. The summed E-state index contributed by atoms with van der Waals surface area (Å²) >= 11 is 1.40. The van der Waals surface area contributed by atoms with E-state index in [1.165, 1.54) is 36.7 Å². The molecule has 2 aromatic carbocycles. The molecule has 2 saturated heterocycles. The number of halogens is 1. The number of likely N-dealkylation sites (tertiary alicyclic amines) is 2. The molecule has 2 aliphatic heterocycles. The number of hydrogen-bond donors (Lipinski definition) is 2. The Balaban J connectivity index is 1.15. The standard InChI is InChI=1S/C34H43FN6O4S/c1-34(2,3)45-33(44)40-21-22(12-17-42)18-28(40)23-8-10-25(26(35)19-23)30-37-32-41(38-30)27-11-9-24(20-29(27)46-32)31(43)36-13-7-16-39-14-5-4-6-15-39/h8-11,19-20,22,28,42H,4-7,12-18,21H2,1-3H3,(H,36,43). The van der Waals surface area contributed by atoms with Crippen molar-refractivity contribution in [3.8, 4) is 11.4 Å². The first-order valence-corrected chi connectivity index (χ1v) is 17.1. The third-order valence-electron chi connectivity index (χ3n) is 8.79. The maximum absolute atomic E-state index is 15.6. The Morgan fingerprint density at radius 3 is 2.67 bits per heavy atom. The van der Waals surface area contributed by atoms with Crippen LogP contribution in [0, 0.1) is 11.7 Å². The lowest BCUT2D eigenvalue weighted by Crippen LogP contribution is -2.36. The maximum atomic E-state index is 15.6. The number of ether oxygens (including phenoxy) is 1. The highest BCUT2D eigenvalue weighted by atomic mass is 32.1. The largest absolute Gasteiger partial charge is 0.444 e. The van der Waals surface area contributed by atoms with Crippen LogP contribution in [-0.2, 0) is 4.74 Å². The Bertz CT molecular complexity index is 1710. The number of thiazole rings is 1. The predicted molar refractivity (Wildman–Crippen MR) is 176 cm³/mol. The van der Waals surface area contributed by atoms with Gasteiger partial charge in [-0.2, -0.15) is 4.98 Å². The molecule has 2 aromatic heterocycles. The number of aromatic nitrogens is 3. The highest BCUT2D eigenvalue weighted by Crippen LogP contribution is 2.39. The first-order valence-electron chi connectivity index (χ1n) is 16.3. The molecule has 0 radical (unpaired) electrons. The molecule has 2 atom stereocenters. The molecular formula is C34H43FN6O4S. The fourth-order valence-electron chi connectivity index (χ4n) is 6.51. The summed E-state index contributed by atoms with van der Waals surface area (Å²) in [5.74, 6) is -0.218. The number of aliphatic hydroxyl groups is 1. The van der Waals surface area contributed by atoms with E-state index in [2.05, 4.69) is 20.3 Å². The summed E-state index contributed by atoms with van der Waals surface area (Å²) in [5, 5.41) is 17.2. The normalized spacial score (nSPS) is 19.3. The van der Waals surface area contributed by atoms with Crippen molar-refractivity contribution < 1.29 is 23.8 Å². The minimum Gasteiger partial charge on any atom is -0.444 e. The van der Waals surface area contributed by atoms with Crippen molar-refractivity contribution in [1.82, 2.24) is 29.7 Å². The molecule has 10 nitrogen and oxygen atoms in total. The van der Waals surface area contributed by atoms with Crippen molar-refractivity contribution >= 4 is 38.5 Å². The van der Waals surface area contributed by atoms with E-state index in [1.807, 2.05) is 39.0 Å². The lowest BCUT2D eigenvalue weighted by atomic mass is 9.97. The van der Waals surface area contributed by atoms with Crippen molar-refractivity contribution in [1.29, 1.82) is 0 Å². The second-order valence-corrected chi connectivity index (χ2v) is 14.4. The second kappa shape index (κ2) is 13.6. The molecule has 2 amide bonds. The van der Waals surface area contributed by atoms with Gasteiger partial charge in [-0.15, -0.1) is 5.10 Å². The number of piperidine rings is 1. The third-order valence-corrected chi connectivity index (χ3v) is 9.78. The van der Waals surface area contributed by atoms with Gasteiger partial charge in [0, 0.05) is 25.3 Å². The molecule has 46 heavy (non-hydrogen) atoms. The summed E-state index contributed by atoms with van der Waals surface area (Å²) in [6.07, 6.45) is 5.49. The van der Waals surface area contributed by atoms with E-state index in [4.69, 9.17) is 4.74 Å². The van der Waals surface area contributed by atoms with E-state index in [1.54, 1.807) is 21.5 Å². The molecule has 12 heteroatoms. The lowest BCUT2D eigenvalue weighted by Gasteiger charge is -2.29. The van der Waals surface area contributed by atoms with Crippen molar-refractivity contribution in [3.05, 3.63) is 53.3 Å². The van der Waals surface area contributed by atoms with Gasteiger partial charge >= 0.3 is 6.09 Å². The number of nitrogens with one attached hydrogen (secondary N) is 1. The van der Waals surface area contributed by atoms with E-state index in [0.29, 0.717) is 42.0 Å². The third kappa shape index (κ3) is 7.19. The number of hydrogen-bond acceptors (Lipinski definition) is 8. The SMILES string of the molecule is CC(C)(C)OC(=O)N1CC(CCO)CC1c1ccc(-c2nc3sc4cc(C(=O)NCCCN5CCCCC5)ccc4n3n2)c(F)c1. The van der Waals surface area contributed by atoms with Crippen LogP contribution >= 0.6 is 11.3 Å². The molecule has 0 aliphatic carbocycles. The molecule has 4 heterocycles. The zero-order valence-electron chi connectivity index (χ0n) is 26.8. The summed E-state index contributed by atoms with van der Waals surface area (Å²) in [7, 11) is 0. The minimum absolute atomic E-state index is 0.0259. The molecule has 6 rings (SSSR count). The molecule has 0 saturated carbocycles. The highest BCUT2D eigenvalue weighted by molar-refractivity contribution is 7.23. The molecule has 2 unspecified atom stereocenters. The highest BCUT2D eigenvalue weighted by Gasteiger charge is 2.38. The zero-order chi connectivity index (χ0) is 32.4. The summed E-state index contributed by atoms with van der Waals surface area (Å²) in [4.78, 5) is 35.2. The fourth-order valence-corrected chi connectivity index (χ4v) is 7.51. The van der Waals surface area contributed by atoms with Gasteiger partial charge in [0.15, 0.2) is 5.82 Å². The van der Waals surface area contributed by atoms with Crippen LogP contribution in [0.4, 0.5) is 9.18 Å². The smallest absolute Gasteiger partial charge is 0.410 e. The van der Waals surface area contributed by atoms with Crippen LogP contribution in [0.2, 0.25) is 0 Å². The van der Waals surface area contributed by atoms with Crippen LogP contribution < -0.4 is 5.32 Å². The van der Waals surface area contributed by atoms with E-state index in [-0.39, 0.29) is 35.9 Å². The van der Waals surface area contributed by atoms with Crippen LogP contribution in [0.3, 0.4) is 0 Å². The minimum atomic E-state index is -0.657.